The van der Waals surface area contributed by atoms with Crippen LogP contribution < -0.4 is 5.32 Å². The van der Waals surface area contributed by atoms with Crippen molar-refractivity contribution in [1.29, 1.82) is 0 Å². The summed E-state index contributed by atoms with van der Waals surface area (Å²) in [5, 5.41) is 2.86. The fourth-order valence-corrected chi connectivity index (χ4v) is 1.91. The van der Waals surface area contributed by atoms with Crippen molar-refractivity contribution in [3.05, 3.63) is 53.8 Å². The monoisotopic (exact) mass is 365 g/mol. The summed E-state index contributed by atoms with van der Waals surface area (Å²) in [7, 11) is -4.02. The first-order valence-electron chi connectivity index (χ1n) is 7.29. The van der Waals surface area contributed by atoms with E-state index in [0.29, 0.717) is 18.8 Å². The maximum Gasteiger partial charge on any atom is 0.335 e. The molecule has 0 heterocycles. The molecule has 0 spiro atoms. The average molecular weight is 365 g/mol. The zero-order valence-corrected chi connectivity index (χ0v) is 15.4. The van der Waals surface area contributed by atoms with E-state index in [1.165, 1.54) is 18.2 Å². The molecule has 0 unspecified atom stereocenters. The van der Waals surface area contributed by atoms with E-state index in [-0.39, 0.29) is 4.90 Å². The number of benzene rings is 1. The summed E-state index contributed by atoms with van der Waals surface area (Å²) in [4.78, 5) is 11.0. The quantitative estimate of drug-likeness (QED) is 0.201. The second-order valence-electron chi connectivity index (χ2n) is 5.28. The highest BCUT2D eigenvalue weighted by Gasteiger charge is 2.06. The molecule has 0 atom stereocenters. The molecule has 0 saturated carbocycles. The number of rotatable bonds is 6. The van der Waals surface area contributed by atoms with E-state index in [0.717, 1.165) is 11.1 Å². The van der Waals surface area contributed by atoms with E-state index in [9.17, 15) is 13.2 Å². The van der Waals surface area contributed by atoms with Gasteiger partial charge in [-0.3, -0.25) is 9.87 Å². The van der Waals surface area contributed by atoms with Crippen LogP contribution in [0.25, 0.3) is 0 Å². The van der Waals surface area contributed by atoms with Gasteiger partial charge in [0.25, 0.3) is 10.1 Å². The molecule has 0 fully saturated rings. The summed E-state index contributed by atoms with van der Waals surface area (Å²) < 4.78 is 34.4. The van der Waals surface area contributed by atoms with Crippen LogP contribution in [-0.2, 0) is 19.6 Å². The summed E-state index contributed by atoms with van der Waals surface area (Å²) in [5.74, 6) is 2.36. The van der Waals surface area contributed by atoms with Gasteiger partial charge in [0.2, 0.25) is 0 Å². The molecule has 0 aromatic heterocycles. The number of ether oxygens (including phenoxy) is 1. The molecule has 136 valence electrons. The maximum absolute atomic E-state index is 11.1. The van der Waals surface area contributed by atoms with Crippen molar-refractivity contribution in [3.63, 3.8) is 0 Å². The predicted molar refractivity (Wildman–Crippen MR) is 97.4 cm³/mol. The molecule has 1 aromatic rings. The lowest BCUT2D eigenvalue weighted by Crippen LogP contribution is -2.19. The standard InChI is InChI=1S/C11H15NO2.C7H8O3S/c1-5-6-12-8-10(4)14-11(13)7-9(2)3;1-6-2-4-7(5-3-6)11(8,9)10/h1,7,12H,4,6,8H2,2-3H3;2-5H,1H3,(H,8,9,10). The lowest BCUT2D eigenvalue weighted by Gasteiger charge is -2.05. The first-order valence-corrected chi connectivity index (χ1v) is 8.73. The maximum atomic E-state index is 11.1. The third-order valence-corrected chi connectivity index (χ3v) is 3.39. The number of esters is 1. The lowest BCUT2D eigenvalue weighted by molar-refractivity contribution is -0.133. The molecule has 0 radical (unpaired) electrons. The second-order valence-corrected chi connectivity index (χ2v) is 6.70. The van der Waals surface area contributed by atoms with Crippen LogP contribution in [-0.4, -0.2) is 32.0 Å². The molecule has 6 nitrogen and oxygen atoms in total. The van der Waals surface area contributed by atoms with Crippen LogP contribution >= 0.6 is 0 Å². The first kappa shape index (κ1) is 22.6. The molecule has 0 amide bonds. The van der Waals surface area contributed by atoms with Crippen LogP contribution in [0.2, 0.25) is 0 Å². The third kappa shape index (κ3) is 11.7. The number of carbonyl (C=O) groups excluding carboxylic acids is 1. The van der Waals surface area contributed by atoms with E-state index in [4.69, 9.17) is 15.7 Å². The van der Waals surface area contributed by atoms with Gasteiger partial charge in [-0.05, 0) is 32.9 Å². The van der Waals surface area contributed by atoms with Gasteiger partial charge in [-0.15, -0.1) is 6.42 Å². The van der Waals surface area contributed by atoms with Crippen molar-refractivity contribution in [1.82, 2.24) is 5.32 Å². The summed E-state index contributed by atoms with van der Waals surface area (Å²) in [6, 6.07) is 5.99. The van der Waals surface area contributed by atoms with E-state index in [1.54, 1.807) is 12.1 Å². The van der Waals surface area contributed by atoms with Gasteiger partial charge in [0.15, 0.2) is 0 Å². The van der Waals surface area contributed by atoms with E-state index in [1.807, 2.05) is 20.8 Å². The van der Waals surface area contributed by atoms with Crippen LogP contribution in [0.4, 0.5) is 0 Å². The van der Waals surface area contributed by atoms with Crippen LogP contribution in [0, 0.1) is 19.3 Å². The summed E-state index contributed by atoms with van der Waals surface area (Å²) in [6.45, 7) is 9.86. The molecular weight excluding hydrogens is 342 g/mol. The predicted octanol–water partition coefficient (Wildman–Crippen LogP) is 2.47. The zero-order valence-electron chi connectivity index (χ0n) is 14.6. The Morgan fingerprint density at radius 3 is 2.36 bits per heavy atom. The van der Waals surface area contributed by atoms with E-state index >= 15 is 0 Å². The highest BCUT2D eigenvalue weighted by molar-refractivity contribution is 7.85. The van der Waals surface area contributed by atoms with E-state index < -0.39 is 16.1 Å². The fraction of sp³-hybridized carbons (Fsp3) is 0.278. The number of terminal acetylenes is 1. The second kappa shape index (κ2) is 11.2. The number of nitrogens with one attached hydrogen (secondary N) is 1. The Kier molecular flexibility index (Phi) is 10.1. The van der Waals surface area contributed by atoms with Crippen molar-refractivity contribution in [2.75, 3.05) is 13.1 Å². The first-order chi connectivity index (χ1) is 11.6. The van der Waals surface area contributed by atoms with Crippen molar-refractivity contribution in [2.45, 2.75) is 25.7 Å². The van der Waals surface area contributed by atoms with Crippen LogP contribution in [0.5, 0.6) is 0 Å². The molecule has 1 rings (SSSR count). The zero-order chi connectivity index (χ0) is 19.5. The summed E-state index contributed by atoms with van der Waals surface area (Å²) >= 11 is 0. The van der Waals surface area contributed by atoms with Crippen molar-refractivity contribution in [3.8, 4) is 12.3 Å². The molecule has 1 aromatic carbocycles. The Labute approximate surface area is 149 Å². The largest absolute Gasteiger partial charge is 0.427 e. The van der Waals surface area contributed by atoms with Gasteiger partial charge in [0.1, 0.15) is 5.76 Å². The fourth-order valence-electron chi connectivity index (χ4n) is 1.43. The minimum Gasteiger partial charge on any atom is -0.427 e. The Morgan fingerprint density at radius 1 is 1.36 bits per heavy atom. The van der Waals surface area contributed by atoms with Gasteiger partial charge in [-0.25, -0.2) is 4.79 Å². The van der Waals surface area contributed by atoms with Crippen LogP contribution in [0.1, 0.15) is 19.4 Å². The van der Waals surface area contributed by atoms with Crippen molar-refractivity contribution >= 4 is 16.1 Å². The minimum absolute atomic E-state index is 0.0666. The number of allylic oxidation sites excluding steroid dienone is 1. The van der Waals surface area contributed by atoms with Gasteiger partial charge in [-0.1, -0.05) is 35.8 Å². The van der Waals surface area contributed by atoms with Gasteiger partial charge >= 0.3 is 5.97 Å². The Morgan fingerprint density at radius 2 is 1.92 bits per heavy atom. The molecule has 25 heavy (non-hydrogen) atoms. The Bertz CT molecular complexity index is 752. The highest BCUT2D eigenvalue weighted by Crippen LogP contribution is 2.08. The van der Waals surface area contributed by atoms with Gasteiger partial charge < -0.3 is 4.74 Å². The smallest absolute Gasteiger partial charge is 0.335 e. The number of hydrogen-bond acceptors (Lipinski definition) is 5. The number of carbonyl (C=O) groups is 1. The van der Waals surface area contributed by atoms with Crippen LogP contribution in [0.15, 0.2) is 53.1 Å². The van der Waals surface area contributed by atoms with Gasteiger partial charge in [-0.2, -0.15) is 8.42 Å². The van der Waals surface area contributed by atoms with Crippen molar-refractivity contribution in [2.24, 2.45) is 0 Å². The van der Waals surface area contributed by atoms with Gasteiger partial charge in [0, 0.05) is 6.08 Å². The third-order valence-electron chi connectivity index (χ3n) is 2.52. The molecule has 2 N–H and O–H groups in total. The normalized spacial score (nSPS) is 9.88. The van der Waals surface area contributed by atoms with Crippen molar-refractivity contribution < 1.29 is 22.5 Å². The molecule has 7 heteroatoms. The molecule has 0 aliphatic rings. The van der Waals surface area contributed by atoms with Crippen LogP contribution in [0.3, 0.4) is 0 Å². The number of hydrogen-bond donors (Lipinski definition) is 2. The molecule has 0 saturated heterocycles. The average Bonchev–Trinajstić information content (AvgIpc) is 2.46. The summed E-state index contributed by atoms with van der Waals surface area (Å²) in [5.41, 5.74) is 1.84. The SMILES string of the molecule is C#CCNCC(=C)OC(=O)C=C(C)C.Cc1ccc(S(=O)(=O)O)cc1. The minimum atomic E-state index is -4.02. The molecule has 0 aliphatic heterocycles. The summed E-state index contributed by atoms with van der Waals surface area (Å²) in [6.07, 6.45) is 6.43. The number of aryl methyl sites for hydroxylation is 1. The molecule has 0 aliphatic carbocycles. The highest BCUT2D eigenvalue weighted by atomic mass is 32.2. The van der Waals surface area contributed by atoms with Gasteiger partial charge in [0.05, 0.1) is 18.0 Å². The Hall–Kier alpha value is -2.40. The molecule has 0 bridgehead atoms. The topological polar surface area (TPSA) is 92.7 Å². The lowest BCUT2D eigenvalue weighted by atomic mass is 10.2. The Balaban J connectivity index is 0.000000472. The van der Waals surface area contributed by atoms with E-state index in [2.05, 4.69) is 17.8 Å². The molecular formula is C18H23NO5S.